The average Bonchev–Trinajstić information content (AvgIpc) is 2.68. The summed E-state index contributed by atoms with van der Waals surface area (Å²) in [5, 5.41) is 2.54. The van der Waals surface area contributed by atoms with Gasteiger partial charge in [0.05, 0.1) is 7.11 Å². The first-order chi connectivity index (χ1) is 13.0. The summed E-state index contributed by atoms with van der Waals surface area (Å²) in [6, 6.07) is 11.8. The van der Waals surface area contributed by atoms with E-state index in [1.54, 1.807) is 24.3 Å². The third-order valence-electron chi connectivity index (χ3n) is 3.85. The number of ether oxygens (including phenoxy) is 1. The zero-order valence-electron chi connectivity index (χ0n) is 14.4. The van der Waals surface area contributed by atoms with Crippen LogP contribution in [0.1, 0.15) is 0 Å². The van der Waals surface area contributed by atoms with E-state index in [1.165, 1.54) is 48.3 Å². The molecule has 0 saturated carbocycles. The Morgan fingerprint density at radius 2 is 1.67 bits per heavy atom. The maximum absolute atomic E-state index is 12.9. The molecule has 3 rings (SSSR count). The molecule has 0 aliphatic rings. The van der Waals surface area contributed by atoms with Gasteiger partial charge in [0, 0.05) is 23.8 Å². The third-order valence-corrected chi connectivity index (χ3v) is 3.85. The number of rotatable bonds is 5. The molecule has 0 saturated heterocycles. The van der Waals surface area contributed by atoms with Gasteiger partial charge in [0.1, 0.15) is 18.1 Å². The minimum atomic E-state index is -0.831. The molecule has 3 aromatic rings. The first-order valence-corrected chi connectivity index (χ1v) is 8.00. The number of methoxy groups -OCH3 is 1. The number of aromatic nitrogens is 2. The number of carbonyl (C=O) groups is 1. The smallest absolute Gasteiger partial charge is 0.320 e. The number of nitrogens with zero attached hydrogens (tertiary/aromatic N) is 2. The number of amides is 1. The topological polar surface area (TPSA) is 82.3 Å². The van der Waals surface area contributed by atoms with Crippen LogP contribution in [0.15, 0.2) is 70.5 Å². The summed E-state index contributed by atoms with van der Waals surface area (Å²) in [6.07, 6.45) is 2.77. The normalized spacial score (nSPS) is 10.4. The Bertz CT molecular complexity index is 1070. The van der Waals surface area contributed by atoms with Gasteiger partial charge in [-0.2, -0.15) is 0 Å². The highest BCUT2D eigenvalue weighted by Crippen LogP contribution is 2.13. The standard InChI is InChI=1S/C19H16FN3O4/c1-27-16-8-6-15(7-9-16)23-11-10-22(18(25)19(23)26)12-17(24)21-14-4-2-13(20)3-5-14/h2-11H,12H2,1H3,(H,21,24). The van der Waals surface area contributed by atoms with Crippen LogP contribution in [0.25, 0.3) is 5.69 Å². The summed E-state index contributed by atoms with van der Waals surface area (Å²) in [4.78, 5) is 36.7. The SMILES string of the molecule is COc1ccc(-n2ccn(CC(=O)Nc3ccc(F)cc3)c(=O)c2=O)cc1. The Labute approximate surface area is 153 Å². The van der Waals surface area contributed by atoms with Crippen molar-refractivity contribution in [1.29, 1.82) is 0 Å². The Kier molecular flexibility index (Phi) is 5.16. The molecule has 138 valence electrons. The quantitative estimate of drug-likeness (QED) is 0.695. The fraction of sp³-hybridized carbons (Fsp3) is 0.105. The fourth-order valence-corrected chi connectivity index (χ4v) is 2.47. The fourth-order valence-electron chi connectivity index (χ4n) is 2.47. The average molecular weight is 369 g/mol. The molecule has 1 N–H and O–H groups in total. The molecule has 7 nitrogen and oxygen atoms in total. The molecule has 1 amide bonds. The largest absolute Gasteiger partial charge is 0.497 e. The van der Waals surface area contributed by atoms with Crippen LogP contribution in [0.5, 0.6) is 5.75 Å². The van der Waals surface area contributed by atoms with Crippen molar-refractivity contribution in [3.63, 3.8) is 0 Å². The van der Waals surface area contributed by atoms with E-state index in [-0.39, 0.29) is 6.54 Å². The molecule has 0 aliphatic heterocycles. The molecule has 0 spiro atoms. The molecule has 0 aliphatic carbocycles. The van der Waals surface area contributed by atoms with Crippen LogP contribution >= 0.6 is 0 Å². The zero-order chi connectivity index (χ0) is 19.4. The number of carbonyl (C=O) groups excluding carboxylic acids is 1. The van der Waals surface area contributed by atoms with E-state index in [4.69, 9.17) is 4.74 Å². The van der Waals surface area contributed by atoms with Crippen molar-refractivity contribution in [3.05, 3.63) is 87.4 Å². The van der Waals surface area contributed by atoms with Crippen molar-refractivity contribution in [2.24, 2.45) is 0 Å². The summed E-state index contributed by atoms with van der Waals surface area (Å²) in [7, 11) is 1.53. The van der Waals surface area contributed by atoms with E-state index in [9.17, 15) is 18.8 Å². The van der Waals surface area contributed by atoms with Gasteiger partial charge in [0.25, 0.3) is 0 Å². The third kappa shape index (κ3) is 4.12. The minimum Gasteiger partial charge on any atom is -0.497 e. The first-order valence-electron chi connectivity index (χ1n) is 8.00. The predicted octanol–water partition coefficient (Wildman–Crippen LogP) is 1.79. The maximum Gasteiger partial charge on any atom is 0.320 e. The molecular formula is C19H16FN3O4. The van der Waals surface area contributed by atoms with Crippen LogP contribution in [-0.4, -0.2) is 22.2 Å². The van der Waals surface area contributed by atoms with Gasteiger partial charge < -0.3 is 10.1 Å². The number of hydrogen-bond donors (Lipinski definition) is 1. The van der Waals surface area contributed by atoms with E-state index in [0.29, 0.717) is 17.1 Å². The predicted molar refractivity (Wildman–Crippen MR) is 97.9 cm³/mol. The van der Waals surface area contributed by atoms with Crippen LogP contribution in [0.2, 0.25) is 0 Å². The lowest BCUT2D eigenvalue weighted by Gasteiger charge is -2.10. The molecule has 27 heavy (non-hydrogen) atoms. The summed E-state index contributed by atoms with van der Waals surface area (Å²) in [5.74, 6) is -0.311. The molecule has 0 atom stereocenters. The van der Waals surface area contributed by atoms with Crippen LogP contribution in [-0.2, 0) is 11.3 Å². The van der Waals surface area contributed by atoms with Gasteiger partial charge in [-0.3, -0.25) is 23.5 Å². The number of anilines is 1. The van der Waals surface area contributed by atoms with Crippen molar-refractivity contribution >= 4 is 11.6 Å². The molecule has 0 fully saturated rings. The van der Waals surface area contributed by atoms with E-state index in [2.05, 4.69) is 5.32 Å². The minimum absolute atomic E-state index is 0.338. The monoisotopic (exact) mass is 369 g/mol. The summed E-state index contributed by atoms with van der Waals surface area (Å²) >= 11 is 0. The van der Waals surface area contributed by atoms with Gasteiger partial charge >= 0.3 is 11.1 Å². The number of benzene rings is 2. The van der Waals surface area contributed by atoms with Crippen molar-refractivity contribution in [2.75, 3.05) is 12.4 Å². The lowest BCUT2D eigenvalue weighted by molar-refractivity contribution is -0.116. The second kappa shape index (κ2) is 7.69. The summed E-state index contributed by atoms with van der Waals surface area (Å²) in [6.45, 7) is -0.338. The van der Waals surface area contributed by atoms with Crippen LogP contribution < -0.4 is 21.2 Å². The Morgan fingerprint density at radius 3 is 2.30 bits per heavy atom. The Balaban J connectivity index is 1.80. The molecule has 0 bridgehead atoms. The highest BCUT2D eigenvalue weighted by atomic mass is 19.1. The van der Waals surface area contributed by atoms with Crippen LogP contribution in [0.4, 0.5) is 10.1 Å². The van der Waals surface area contributed by atoms with Crippen molar-refractivity contribution in [3.8, 4) is 11.4 Å². The molecule has 1 aromatic heterocycles. The lowest BCUT2D eigenvalue weighted by Crippen LogP contribution is -2.41. The molecule has 2 aromatic carbocycles. The molecule has 8 heteroatoms. The second-order valence-corrected chi connectivity index (χ2v) is 5.66. The number of halogens is 1. The van der Waals surface area contributed by atoms with Crippen molar-refractivity contribution < 1.29 is 13.9 Å². The van der Waals surface area contributed by atoms with E-state index < -0.39 is 22.8 Å². The van der Waals surface area contributed by atoms with Crippen LogP contribution in [0, 0.1) is 5.82 Å². The molecule has 1 heterocycles. The van der Waals surface area contributed by atoms with Crippen molar-refractivity contribution in [2.45, 2.75) is 6.54 Å². The Hall–Kier alpha value is -3.68. The van der Waals surface area contributed by atoms with Crippen LogP contribution in [0.3, 0.4) is 0 Å². The highest BCUT2D eigenvalue weighted by molar-refractivity contribution is 5.90. The van der Waals surface area contributed by atoms with Gasteiger partial charge in [-0.1, -0.05) is 0 Å². The summed E-state index contributed by atoms with van der Waals surface area (Å²) < 4.78 is 20.2. The van der Waals surface area contributed by atoms with Gasteiger partial charge in [0.15, 0.2) is 0 Å². The van der Waals surface area contributed by atoms with Gasteiger partial charge in [0.2, 0.25) is 5.91 Å². The molecular weight excluding hydrogens is 353 g/mol. The highest BCUT2D eigenvalue weighted by Gasteiger charge is 2.10. The van der Waals surface area contributed by atoms with Crippen molar-refractivity contribution in [1.82, 2.24) is 9.13 Å². The number of hydrogen-bond acceptors (Lipinski definition) is 4. The lowest BCUT2D eigenvalue weighted by atomic mass is 10.3. The van der Waals surface area contributed by atoms with Gasteiger partial charge in [-0.25, -0.2) is 4.39 Å². The first kappa shape index (κ1) is 18.1. The van der Waals surface area contributed by atoms with Gasteiger partial charge in [-0.05, 0) is 48.5 Å². The van der Waals surface area contributed by atoms with E-state index >= 15 is 0 Å². The number of nitrogens with one attached hydrogen (secondary N) is 1. The van der Waals surface area contributed by atoms with E-state index in [0.717, 1.165) is 4.57 Å². The van der Waals surface area contributed by atoms with E-state index in [1.807, 2.05) is 0 Å². The molecule has 0 unspecified atom stereocenters. The zero-order valence-corrected chi connectivity index (χ0v) is 14.4. The summed E-state index contributed by atoms with van der Waals surface area (Å²) in [5.41, 5.74) is -0.721. The van der Waals surface area contributed by atoms with Gasteiger partial charge in [-0.15, -0.1) is 0 Å². The molecule has 0 radical (unpaired) electrons. The Morgan fingerprint density at radius 1 is 1.00 bits per heavy atom. The second-order valence-electron chi connectivity index (χ2n) is 5.66. The maximum atomic E-state index is 12.9.